The molecule has 3 N–H and O–H groups in total. The summed E-state index contributed by atoms with van der Waals surface area (Å²) in [6.45, 7) is 7.39. The van der Waals surface area contributed by atoms with Crippen molar-refractivity contribution in [3.63, 3.8) is 0 Å². The van der Waals surface area contributed by atoms with Gasteiger partial charge in [0.1, 0.15) is 11.6 Å². The Hall–Kier alpha value is -4.71. The molecule has 45 heavy (non-hydrogen) atoms. The molecule has 5 rings (SSSR count). The van der Waals surface area contributed by atoms with Crippen LogP contribution in [0.5, 0.6) is 0 Å². The van der Waals surface area contributed by atoms with Crippen LogP contribution in [0.15, 0.2) is 72.0 Å². The van der Waals surface area contributed by atoms with Crippen LogP contribution in [0.4, 0.5) is 16.4 Å². The minimum Gasteiger partial charge on any atom is -0.444 e. The third-order valence-electron chi connectivity index (χ3n) is 7.49. The second kappa shape index (κ2) is 13.1. The molecule has 3 heterocycles. The number of H-pyrrole nitrogens is 1. The van der Waals surface area contributed by atoms with Crippen molar-refractivity contribution in [2.75, 3.05) is 18.4 Å². The summed E-state index contributed by atoms with van der Waals surface area (Å²) < 4.78 is 32.0. The van der Waals surface area contributed by atoms with Crippen molar-refractivity contribution < 1.29 is 22.7 Å². The van der Waals surface area contributed by atoms with Gasteiger partial charge in [0.2, 0.25) is 11.9 Å². The van der Waals surface area contributed by atoms with Crippen LogP contribution in [-0.4, -0.2) is 70.3 Å². The maximum Gasteiger partial charge on any atom is 0.408 e. The van der Waals surface area contributed by atoms with Crippen molar-refractivity contribution in [2.45, 2.75) is 62.3 Å². The van der Waals surface area contributed by atoms with E-state index in [-0.39, 0.29) is 23.9 Å². The number of ether oxygens (including phenoxy) is 1. The van der Waals surface area contributed by atoms with Crippen molar-refractivity contribution in [3.8, 4) is 0 Å². The number of hydrogen-bond acceptors (Lipinski definition) is 8. The van der Waals surface area contributed by atoms with Gasteiger partial charge in [-0.2, -0.15) is 0 Å². The molecule has 0 bridgehead atoms. The number of likely N-dealkylation sites (tertiary alicyclic amines) is 1. The van der Waals surface area contributed by atoms with Crippen LogP contribution < -0.4 is 10.6 Å². The molecule has 11 nitrogen and oxygen atoms in total. The first-order chi connectivity index (χ1) is 21.4. The summed E-state index contributed by atoms with van der Waals surface area (Å²) in [6.07, 6.45) is 9.26. The third kappa shape index (κ3) is 7.88. The van der Waals surface area contributed by atoms with E-state index in [2.05, 4.69) is 25.6 Å². The Balaban J connectivity index is 1.13. The van der Waals surface area contributed by atoms with Gasteiger partial charge in [0.05, 0.1) is 10.1 Å². The first-order valence-corrected chi connectivity index (χ1v) is 16.4. The fourth-order valence-corrected chi connectivity index (χ4v) is 6.92. The van der Waals surface area contributed by atoms with Gasteiger partial charge in [-0.25, -0.2) is 23.2 Å². The Bertz CT molecular complexity index is 1790. The quantitative estimate of drug-likeness (QED) is 0.230. The molecule has 2 amide bonds. The first kappa shape index (κ1) is 31.7. The number of alkyl carbamates (subject to hydrolysis) is 1. The summed E-state index contributed by atoms with van der Waals surface area (Å²) in [4.78, 5) is 38.7. The van der Waals surface area contributed by atoms with Gasteiger partial charge < -0.3 is 25.3 Å². The van der Waals surface area contributed by atoms with E-state index in [9.17, 15) is 18.0 Å². The maximum absolute atomic E-state index is 13.4. The summed E-state index contributed by atoms with van der Waals surface area (Å²) in [5, 5.41) is 6.19. The summed E-state index contributed by atoms with van der Waals surface area (Å²) >= 11 is 0. The fraction of sp³-hybridized carbons (Fsp3) is 0.333. The summed E-state index contributed by atoms with van der Waals surface area (Å²) in [6, 6.07) is 13.8. The Morgan fingerprint density at radius 1 is 1.02 bits per heavy atom. The lowest BCUT2D eigenvalue weighted by atomic mass is 10.1. The van der Waals surface area contributed by atoms with E-state index < -0.39 is 32.8 Å². The average Bonchev–Trinajstić information content (AvgIpc) is 3.49. The lowest BCUT2D eigenvalue weighted by Crippen LogP contribution is -2.51. The second-order valence-electron chi connectivity index (χ2n) is 12.0. The van der Waals surface area contributed by atoms with Crippen LogP contribution in [0.2, 0.25) is 0 Å². The summed E-state index contributed by atoms with van der Waals surface area (Å²) in [5.74, 6) is 0.121. The second-order valence-corrected chi connectivity index (χ2v) is 14.3. The maximum atomic E-state index is 13.4. The number of benzene rings is 2. The predicted octanol–water partition coefficient (Wildman–Crippen LogP) is 5.55. The molecule has 2 aromatic carbocycles. The number of carbonyl (C=O) groups is 2. The van der Waals surface area contributed by atoms with Gasteiger partial charge in [0.25, 0.3) is 0 Å². The van der Waals surface area contributed by atoms with E-state index in [1.165, 1.54) is 0 Å². The Morgan fingerprint density at radius 2 is 1.71 bits per heavy atom. The summed E-state index contributed by atoms with van der Waals surface area (Å²) in [5.41, 5.74) is 2.99. The Morgan fingerprint density at radius 3 is 2.38 bits per heavy atom. The first-order valence-electron chi connectivity index (χ1n) is 14.8. The lowest BCUT2D eigenvalue weighted by Gasteiger charge is -2.33. The molecule has 236 valence electrons. The predicted molar refractivity (Wildman–Crippen MR) is 175 cm³/mol. The number of aromatic amines is 1. The minimum absolute atomic E-state index is 0.219. The van der Waals surface area contributed by atoms with Gasteiger partial charge in [-0.05, 0) is 82.5 Å². The molecule has 4 aromatic rings. The number of piperidine rings is 1. The number of rotatable bonds is 8. The number of amides is 2. The molecule has 2 aromatic heterocycles. The highest BCUT2D eigenvalue weighted by Gasteiger charge is 2.34. The van der Waals surface area contributed by atoms with Gasteiger partial charge in [0, 0.05) is 53.8 Å². The monoisotopic (exact) mass is 630 g/mol. The number of fused-ring (bicyclic) bond motifs is 1. The minimum atomic E-state index is -3.60. The molecule has 1 fully saturated rings. The number of nitrogens with zero attached hydrogens (tertiary/aromatic N) is 3. The highest BCUT2D eigenvalue weighted by atomic mass is 32.2. The van der Waals surface area contributed by atoms with Crippen LogP contribution in [0.1, 0.15) is 51.7 Å². The number of carbonyl (C=O) groups excluding carboxylic acids is 2. The number of hydrogen-bond donors (Lipinski definition) is 3. The van der Waals surface area contributed by atoms with E-state index in [1.807, 2.05) is 42.6 Å². The lowest BCUT2D eigenvalue weighted by molar-refractivity contribution is -0.133. The molecule has 1 aliphatic rings. The molecular formula is C33H38N6O5S. The van der Waals surface area contributed by atoms with E-state index >= 15 is 0 Å². The van der Waals surface area contributed by atoms with Crippen molar-refractivity contribution in [3.05, 3.63) is 78.2 Å². The highest BCUT2D eigenvalue weighted by molar-refractivity contribution is 7.92. The van der Waals surface area contributed by atoms with E-state index in [0.717, 1.165) is 22.0 Å². The zero-order valence-electron chi connectivity index (χ0n) is 25.8. The van der Waals surface area contributed by atoms with Crippen molar-refractivity contribution in [1.82, 2.24) is 25.2 Å². The van der Waals surface area contributed by atoms with Gasteiger partial charge in [-0.15, -0.1) is 0 Å². The van der Waals surface area contributed by atoms with Gasteiger partial charge in [-0.1, -0.05) is 24.3 Å². The van der Waals surface area contributed by atoms with Gasteiger partial charge >= 0.3 is 6.09 Å². The molecule has 0 unspecified atom stereocenters. The molecule has 1 saturated heterocycles. The number of nitrogens with one attached hydrogen (secondary N) is 3. The largest absolute Gasteiger partial charge is 0.444 e. The van der Waals surface area contributed by atoms with E-state index in [4.69, 9.17) is 4.74 Å². The Kier molecular flexibility index (Phi) is 9.24. The molecule has 1 atom stereocenters. The summed E-state index contributed by atoms with van der Waals surface area (Å²) in [7, 11) is -3.60. The van der Waals surface area contributed by atoms with Gasteiger partial charge in [0.15, 0.2) is 9.84 Å². The average molecular weight is 631 g/mol. The smallest absolute Gasteiger partial charge is 0.408 e. The number of aromatic nitrogens is 3. The topological polar surface area (TPSA) is 146 Å². The van der Waals surface area contributed by atoms with Crippen LogP contribution in [-0.2, 0) is 19.4 Å². The molecular weight excluding hydrogens is 592 g/mol. The van der Waals surface area contributed by atoms with Crippen molar-refractivity contribution in [1.29, 1.82) is 0 Å². The SMILES string of the molecule is C[C@H](NC(=O)OC(C)(C)C)C(=O)N1CCC(S(=O)(=O)c2ccc(Nc3ncc(C=Cc4cccc5[nH]ccc45)cn3)cc2)CC1. The van der Waals surface area contributed by atoms with Gasteiger partial charge in [-0.3, -0.25) is 4.79 Å². The molecule has 0 radical (unpaired) electrons. The zero-order valence-corrected chi connectivity index (χ0v) is 26.6. The molecule has 0 spiro atoms. The van der Waals surface area contributed by atoms with Crippen LogP contribution in [0, 0.1) is 0 Å². The number of anilines is 2. The van der Waals surface area contributed by atoms with Crippen molar-refractivity contribution in [2.24, 2.45) is 0 Å². The van der Waals surface area contributed by atoms with E-state index in [0.29, 0.717) is 24.5 Å². The van der Waals surface area contributed by atoms with E-state index in [1.54, 1.807) is 69.3 Å². The highest BCUT2D eigenvalue weighted by Crippen LogP contribution is 2.27. The zero-order chi connectivity index (χ0) is 32.2. The normalized spacial score (nSPS) is 15.2. The Labute approximate surface area is 263 Å². The van der Waals surface area contributed by atoms with Crippen LogP contribution in [0.25, 0.3) is 23.1 Å². The fourth-order valence-electron chi connectivity index (χ4n) is 5.19. The molecule has 0 saturated carbocycles. The number of sulfone groups is 1. The molecule has 12 heteroatoms. The molecule has 1 aliphatic heterocycles. The van der Waals surface area contributed by atoms with Crippen LogP contribution >= 0.6 is 0 Å². The standard InChI is InChI=1S/C33H38N6O5S/c1-22(37-32(41)44-33(2,3)4)30(40)39-18-15-27(16-19-39)45(42,43)26-12-10-25(11-13-26)38-31-35-20-23(21-36-31)8-9-24-6-5-7-29-28(24)14-17-34-29/h5-14,17,20-22,27,34H,15-16,18-19H2,1-4H3,(H,37,41)(H,35,36,38)/t22-/m0/s1. The third-order valence-corrected chi connectivity index (χ3v) is 9.77. The molecule has 0 aliphatic carbocycles. The van der Waals surface area contributed by atoms with Crippen molar-refractivity contribution >= 4 is 56.5 Å². The van der Waals surface area contributed by atoms with Crippen LogP contribution in [0.3, 0.4) is 0 Å².